The first kappa shape index (κ1) is 9.40. The Morgan fingerprint density at radius 2 is 2.36 bits per heavy atom. The molecule has 76 valence electrons. The third-order valence-corrected chi connectivity index (χ3v) is 2.60. The van der Waals surface area contributed by atoms with Gasteiger partial charge in [-0.15, -0.1) is 0 Å². The summed E-state index contributed by atoms with van der Waals surface area (Å²) in [4.78, 5) is 10.9. The van der Waals surface area contributed by atoms with Crippen LogP contribution in [0.1, 0.15) is 12.7 Å². The van der Waals surface area contributed by atoms with E-state index < -0.39 is 0 Å². The lowest BCUT2D eigenvalue weighted by atomic mass is 10.1. The second kappa shape index (κ2) is 3.92. The van der Waals surface area contributed by atoms with Crippen LogP contribution in [0.5, 0.6) is 0 Å². The number of likely N-dealkylation sites (N-methyl/N-ethyl adjacent to an activating group) is 1. The molecule has 4 heteroatoms. The van der Waals surface area contributed by atoms with Gasteiger partial charge in [-0.1, -0.05) is 0 Å². The summed E-state index contributed by atoms with van der Waals surface area (Å²) in [7, 11) is 0. The van der Waals surface area contributed by atoms with Gasteiger partial charge in [0.25, 0.3) is 0 Å². The zero-order valence-electron chi connectivity index (χ0n) is 8.70. The molecule has 0 unspecified atom stereocenters. The Bertz CT molecular complexity index is 309. The SMILES string of the molecule is CCN(c1ccnc(C)n1)C1CNC1. The second-order valence-electron chi connectivity index (χ2n) is 3.56. The summed E-state index contributed by atoms with van der Waals surface area (Å²) in [5.41, 5.74) is 0. The number of nitrogens with one attached hydrogen (secondary N) is 1. The predicted octanol–water partition coefficient (Wildman–Crippen LogP) is 0.583. The van der Waals surface area contributed by atoms with E-state index >= 15 is 0 Å². The molecule has 0 amide bonds. The monoisotopic (exact) mass is 192 g/mol. The van der Waals surface area contributed by atoms with Crippen LogP contribution in [0.3, 0.4) is 0 Å². The van der Waals surface area contributed by atoms with Gasteiger partial charge in [-0.2, -0.15) is 0 Å². The maximum Gasteiger partial charge on any atom is 0.132 e. The summed E-state index contributed by atoms with van der Waals surface area (Å²) in [6.07, 6.45) is 1.83. The normalized spacial score (nSPS) is 16.4. The highest BCUT2D eigenvalue weighted by Gasteiger charge is 2.24. The second-order valence-corrected chi connectivity index (χ2v) is 3.56. The van der Waals surface area contributed by atoms with Gasteiger partial charge in [0.05, 0.1) is 6.04 Å². The molecule has 0 aliphatic carbocycles. The van der Waals surface area contributed by atoms with E-state index in [0.29, 0.717) is 6.04 Å². The predicted molar refractivity (Wildman–Crippen MR) is 56.4 cm³/mol. The number of anilines is 1. The average Bonchev–Trinajstić information content (AvgIpc) is 2.10. The van der Waals surface area contributed by atoms with Gasteiger partial charge in [0.1, 0.15) is 11.6 Å². The maximum atomic E-state index is 4.43. The topological polar surface area (TPSA) is 41.1 Å². The molecule has 1 aliphatic heterocycles. The van der Waals surface area contributed by atoms with Crippen molar-refractivity contribution in [1.82, 2.24) is 15.3 Å². The Kier molecular flexibility index (Phi) is 2.63. The smallest absolute Gasteiger partial charge is 0.132 e. The molecule has 0 atom stereocenters. The van der Waals surface area contributed by atoms with E-state index in [9.17, 15) is 0 Å². The van der Waals surface area contributed by atoms with Gasteiger partial charge in [-0.3, -0.25) is 0 Å². The van der Waals surface area contributed by atoms with Gasteiger partial charge in [0.15, 0.2) is 0 Å². The van der Waals surface area contributed by atoms with Crippen LogP contribution in [0.15, 0.2) is 12.3 Å². The molecule has 14 heavy (non-hydrogen) atoms. The van der Waals surface area contributed by atoms with Gasteiger partial charge in [-0.25, -0.2) is 9.97 Å². The Hall–Kier alpha value is -1.16. The van der Waals surface area contributed by atoms with E-state index in [1.54, 1.807) is 0 Å². The summed E-state index contributed by atoms with van der Waals surface area (Å²) in [6, 6.07) is 2.59. The zero-order valence-corrected chi connectivity index (χ0v) is 8.70. The van der Waals surface area contributed by atoms with E-state index in [-0.39, 0.29) is 0 Å². The Balaban J connectivity index is 2.17. The van der Waals surface area contributed by atoms with Crippen molar-refractivity contribution in [2.75, 3.05) is 24.5 Å². The molecule has 1 saturated heterocycles. The maximum absolute atomic E-state index is 4.43. The highest BCUT2D eigenvalue weighted by Crippen LogP contribution is 2.15. The minimum absolute atomic E-state index is 0.606. The summed E-state index contributed by atoms with van der Waals surface area (Å²) < 4.78 is 0. The number of nitrogens with zero attached hydrogens (tertiary/aromatic N) is 3. The van der Waals surface area contributed by atoms with E-state index in [4.69, 9.17) is 0 Å². The van der Waals surface area contributed by atoms with E-state index in [0.717, 1.165) is 31.3 Å². The molecule has 0 bridgehead atoms. The first-order valence-electron chi connectivity index (χ1n) is 5.08. The molecule has 1 fully saturated rings. The van der Waals surface area contributed by atoms with Crippen molar-refractivity contribution in [3.63, 3.8) is 0 Å². The molecule has 2 rings (SSSR count). The first-order valence-corrected chi connectivity index (χ1v) is 5.08. The largest absolute Gasteiger partial charge is 0.351 e. The fraction of sp³-hybridized carbons (Fsp3) is 0.600. The summed E-state index contributed by atoms with van der Waals surface area (Å²) in [5, 5.41) is 3.28. The van der Waals surface area contributed by atoms with Crippen molar-refractivity contribution in [3.8, 4) is 0 Å². The molecule has 1 N–H and O–H groups in total. The third-order valence-electron chi connectivity index (χ3n) is 2.60. The van der Waals surface area contributed by atoms with Crippen molar-refractivity contribution in [3.05, 3.63) is 18.1 Å². The van der Waals surface area contributed by atoms with Crippen molar-refractivity contribution in [2.24, 2.45) is 0 Å². The van der Waals surface area contributed by atoms with E-state index in [1.807, 2.05) is 19.2 Å². The summed E-state index contributed by atoms with van der Waals surface area (Å²) >= 11 is 0. The highest BCUT2D eigenvalue weighted by atomic mass is 15.3. The van der Waals surface area contributed by atoms with Crippen LogP contribution < -0.4 is 10.2 Å². The lowest BCUT2D eigenvalue weighted by Crippen LogP contribution is -2.57. The van der Waals surface area contributed by atoms with Crippen LogP contribution in [0.4, 0.5) is 5.82 Å². The lowest BCUT2D eigenvalue weighted by molar-refractivity contribution is 0.415. The number of hydrogen-bond acceptors (Lipinski definition) is 4. The molecule has 4 nitrogen and oxygen atoms in total. The molecular formula is C10H16N4. The summed E-state index contributed by atoms with van der Waals surface area (Å²) in [6.45, 7) is 7.22. The molecule has 1 aromatic rings. The van der Waals surface area contributed by atoms with Crippen molar-refractivity contribution < 1.29 is 0 Å². The van der Waals surface area contributed by atoms with Crippen LogP contribution in [0.2, 0.25) is 0 Å². The molecular weight excluding hydrogens is 176 g/mol. The number of rotatable bonds is 3. The Morgan fingerprint density at radius 1 is 1.57 bits per heavy atom. The molecule has 1 aromatic heterocycles. The molecule has 2 heterocycles. The van der Waals surface area contributed by atoms with E-state index in [2.05, 4.69) is 27.1 Å². The van der Waals surface area contributed by atoms with Crippen molar-refractivity contribution >= 4 is 5.82 Å². The first-order chi connectivity index (χ1) is 6.81. The number of hydrogen-bond donors (Lipinski definition) is 1. The van der Waals surface area contributed by atoms with Crippen molar-refractivity contribution in [2.45, 2.75) is 19.9 Å². The van der Waals surface area contributed by atoms with Gasteiger partial charge >= 0.3 is 0 Å². The van der Waals surface area contributed by atoms with Gasteiger partial charge in [0, 0.05) is 25.8 Å². The average molecular weight is 192 g/mol. The van der Waals surface area contributed by atoms with Crippen LogP contribution in [-0.4, -0.2) is 35.6 Å². The van der Waals surface area contributed by atoms with Crippen LogP contribution >= 0.6 is 0 Å². The van der Waals surface area contributed by atoms with Gasteiger partial charge < -0.3 is 10.2 Å². The van der Waals surface area contributed by atoms with Gasteiger partial charge in [-0.05, 0) is 19.9 Å². The molecule has 0 aromatic carbocycles. The minimum atomic E-state index is 0.606. The van der Waals surface area contributed by atoms with Crippen LogP contribution in [0, 0.1) is 6.92 Å². The van der Waals surface area contributed by atoms with Crippen molar-refractivity contribution in [1.29, 1.82) is 0 Å². The Morgan fingerprint density at radius 3 is 2.86 bits per heavy atom. The zero-order chi connectivity index (χ0) is 9.97. The molecule has 0 radical (unpaired) electrons. The standard InChI is InChI=1S/C10H16N4/c1-3-14(9-6-11-7-9)10-4-5-12-8(2)13-10/h4-5,9,11H,3,6-7H2,1-2H3. The fourth-order valence-corrected chi connectivity index (χ4v) is 1.70. The quantitative estimate of drug-likeness (QED) is 0.760. The minimum Gasteiger partial charge on any atom is -0.351 e. The number of aryl methyl sites for hydroxylation is 1. The fourth-order valence-electron chi connectivity index (χ4n) is 1.70. The lowest BCUT2D eigenvalue weighted by Gasteiger charge is -2.38. The Labute approximate surface area is 84.4 Å². The van der Waals surface area contributed by atoms with Crippen LogP contribution in [0.25, 0.3) is 0 Å². The number of aromatic nitrogens is 2. The summed E-state index contributed by atoms with van der Waals surface area (Å²) in [5.74, 6) is 1.89. The molecule has 0 spiro atoms. The highest BCUT2D eigenvalue weighted by molar-refractivity contribution is 5.39. The van der Waals surface area contributed by atoms with Crippen LogP contribution in [-0.2, 0) is 0 Å². The molecule has 1 aliphatic rings. The van der Waals surface area contributed by atoms with E-state index in [1.165, 1.54) is 0 Å². The molecule has 0 saturated carbocycles. The third kappa shape index (κ3) is 1.70. The van der Waals surface area contributed by atoms with Gasteiger partial charge in [0.2, 0.25) is 0 Å².